The monoisotopic (exact) mass is 411 g/mol. The highest BCUT2D eigenvalue weighted by Crippen LogP contribution is 2.64. The summed E-state index contributed by atoms with van der Waals surface area (Å²) in [5.74, 6) is 0.0446. The highest BCUT2D eigenvalue weighted by Gasteiger charge is 2.65. The molecule has 2 saturated carbocycles. The van der Waals surface area contributed by atoms with E-state index < -0.39 is 15.4 Å². The Labute approximate surface area is 171 Å². The van der Waals surface area contributed by atoms with Crippen LogP contribution in [0.3, 0.4) is 0 Å². The molecule has 4 rings (SSSR count). The summed E-state index contributed by atoms with van der Waals surface area (Å²) in [5, 5.41) is 0. The van der Waals surface area contributed by atoms with Crippen molar-refractivity contribution in [1.29, 1.82) is 0 Å². The van der Waals surface area contributed by atoms with Crippen molar-refractivity contribution in [3.63, 3.8) is 0 Å². The summed E-state index contributed by atoms with van der Waals surface area (Å²) in [4.78, 5) is 25.1. The first kappa shape index (κ1) is 19.8. The van der Waals surface area contributed by atoms with Gasteiger partial charge in [-0.1, -0.05) is 44.2 Å². The van der Waals surface area contributed by atoms with Gasteiger partial charge >= 0.3 is 0 Å². The average molecular weight is 412 g/mol. The summed E-state index contributed by atoms with van der Waals surface area (Å²) in [6.45, 7) is 4.05. The van der Waals surface area contributed by atoms with Crippen molar-refractivity contribution in [3.05, 3.63) is 65.7 Å². The van der Waals surface area contributed by atoms with Gasteiger partial charge < -0.3 is 0 Å². The van der Waals surface area contributed by atoms with Crippen LogP contribution in [0.2, 0.25) is 0 Å². The summed E-state index contributed by atoms with van der Waals surface area (Å²) < 4.78 is 28.4. The second kappa shape index (κ2) is 6.80. The lowest BCUT2D eigenvalue weighted by Crippen LogP contribution is -2.43. The van der Waals surface area contributed by atoms with Crippen LogP contribution in [0.15, 0.2) is 54.6 Å². The number of benzene rings is 2. The summed E-state index contributed by atoms with van der Waals surface area (Å²) in [6, 6.07) is 15.3. The minimum absolute atomic E-state index is 0.0768. The van der Waals surface area contributed by atoms with E-state index in [1.807, 2.05) is 19.9 Å². The van der Waals surface area contributed by atoms with Crippen LogP contribution in [0.1, 0.15) is 49.0 Å². The van der Waals surface area contributed by atoms with Gasteiger partial charge in [0.15, 0.2) is 5.78 Å². The number of nitrogens with one attached hydrogen (secondary N) is 1. The van der Waals surface area contributed by atoms with E-state index in [9.17, 15) is 18.0 Å². The van der Waals surface area contributed by atoms with Crippen LogP contribution in [0.5, 0.6) is 0 Å². The number of hydrogen-bond donors (Lipinski definition) is 1. The molecule has 0 spiro atoms. The number of sulfonamides is 1. The predicted octanol–water partition coefficient (Wildman–Crippen LogP) is 4.05. The fourth-order valence-electron chi connectivity index (χ4n) is 5.09. The maximum absolute atomic E-state index is 12.9. The number of anilines is 1. The largest absolute Gasteiger partial charge is 0.299 e. The predicted molar refractivity (Wildman–Crippen MR) is 112 cm³/mol. The van der Waals surface area contributed by atoms with Gasteiger partial charge in [0.05, 0.1) is 11.2 Å². The van der Waals surface area contributed by atoms with Gasteiger partial charge in [-0.2, -0.15) is 0 Å². The number of carbonyl (C=O) groups is 2. The summed E-state index contributed by atoms with van der Waals surface area (Å²) in [7, 11) is -3.71. The molecular formula is C23H25NO4S. The molecule has 0 aliphatic heterocycles. The van der Waals surface area contributed by atoms with Crippen molar-refractivity contribution in [1.82, 2.24) is 0 Å². The zero-order chi connectivity index (χ0) is 20.9. The van der Waals surface area contributed by atoms with E-state index in [1.165, 1.54) is 0 Å². The maximum atomic E-state index is 12.9. The number of fused-ring (bicyclic) bond motifs is 2. The molecule has 6 heteroatoms. The van der Waals surface area contributed by atoms with Crippen LogP contribution < -0.4 is 4.72 Å². The highest BCUT2D eigenvalue weighted by atomic mass is 32.2. The minimum Gasteiger partial charge on any atom is -0.299 e. The van der Waals surface area contributed by atoms with Gasteiger partial charge in [0.2, 0.25) is 10.0 Å². The fraction of sp³-hybridized carbons (Fsp3) is 0.391. The molecule has 2 aromatic rings. The summed E-state index contributed by atoms with van der Waals surface area (Å²) >= 11 is 0. The first-order valence-electron chi connectivity index (χ1n) is 9.88. The van der Waals surface area contributed by atoms with Crippen molar-refractivity contribution < 1.29 is 18.0 Å². The van der Waals surface area contributed by atoms with Crippen molar-refractivity contribution in [2.45, 2.75) is 33.1 Å². The second-order valence-electron chi connectivity index (χ2n) is 8.80. The number of hydrogen-bond acceptors (Lipinski definition) is 4. The third-order valence-electron chi connectivity index (χ3n) is 7.03. The quantitative estimate of drug-likeness (QED) is 0.727. The van der Waals surface area contributed by atoms with E-state index in [0.717, 1.165) is 6.42 Å². The lowest BCUT2D eigenvalue weighted by molar-refractivity contribution is -0.128. The molecule has 0 saturated heterocycles. The lowest BCUT2D eigenvalue weighted by atomic mass is 9.70. The van der Waals surface area contributed by atoms with E-state index in [0.29, 0.717) is 29.7 Å². The third kappa shape index (κ3) is 3.29. The fourth-order valence-corrected chi connectivity index (χ4v) is 6.99. The molecule has 0 aromatic heterocycles. The van der Waals surface area contributed by atoms with E-state index in [4.69, 9.17) is 0 Å². The molecule has 5 nitrogen and oxygen atoms in total. The van der Waals surface area contributed by atoms with E-state index >= 15 is 0 Å². The zero-order valence-electron chi connectivity index (χ0n) is 16.6. The SMILES string of the molecule is CC1(C)C2CCC1(CS(=O)(=O)Nc1ccc(C(=O)c3ccccc3)cc1)C(=O)C2. The first-order valence-corrected chi connectivity index (χ1v) is 11.5. The van der Waals surface area contributed by atoms with E-state index in [1.54, 1.807) is 48.5 Å². The van der Waals surface area contributed by atoms with Crippen molar-refractivity contribution in [3.8, 4) is 0 Å². The molecular weight excluding hydrogens is 386 g/mol. The van der Waals surface area contributed by atoms with Gasteiger partial charge in [-0.3, -0.25) is 14.3 Å². The number of rotatable bonds is 6. The highest BCUT2D eigenvalue weighted by molar-refractivity contribution is 7.92. The molecule has 0 radical (unpaired) electrons. The van der Waals surface area contributed by atoms with Crippen LogP contribution >= 0.6 is 0 Å². The van der Waals surface area contributed by atoms with Crippen LogP contribution in [-0.2, 0) is 14.8 Å². The Balaban J connectivity index is 1.50. The smallest absolute Gasteiger partial charge is 0.233 e. The molecule has 0 heterocycles. The van der Waals surface area contributed by atoms with Crippen molar-refractivity contribution in [2.24, 2.45) is 16.7 Å². The molecule has 1 N–H and O–H groups in total. The number of ketones is 2. The topological polar surface area (TPSA) is 80.3 Å². The molecule has 2 aliphatic carbocycles. The Kier molecular flexibility index (Phi) is 4.65. The first-order chi connectivity index (χ1) is 13.6. The Bertz CT molecular complexity index is 1060. The number of Topliss-reactive ketones (excluding diaryl/α,β-unsaturated/α-hetero) is 1. The van der Waals surface area contributed by atoms with Crippen LogP contribution in [-0.4, -0.2) is 25.7 Å². The Morgan fingerprint density at radius 3 is 2.21 bits per heavy atom. The molecule has 2 aliphatic rings. The zero-order valence-corrected chi connectivity index (χ0v) is 17.5. The van der Waals surface area contributed by atoms with Gasteiger partial charge in [-0.15, -0.1) is 0 Å². The molecule has 152 valence electrons. The molecule has 2 atom stereocenters. The molecule has 2 bridgehead atoms. The molecule has 2 aromatic carbocycles. The van der Waals surface area contributed by atoms with Crippen LogP contribution in [0.4, 0.5) is 5.69 Å². The minimum atomic E-state index is -3.71. The van der Waals surface area contributed by atoms with Gasteiger partial charge in [0.25, 0.3) is 0 Å². The molecule has 2 fully saturated rings. The average Bonchev–Trinajstić information content (AvgIpc) is 3.02. The van der Waals surface area contributed by atoms with Crippen molar-refractivity contribution in [2.75, 3.05) is 10.5 Å². The van der Waals surface area contributed by atoms with Crippen LogP contribution in [0.25, 0.3) is 0 Å². The normalized spacial score (nSPS) is 25.2. The molecule has 0 amide bonds. The van der Waals surface area contributed by atoms with Gasteiger partial charge in [-0.05, 0) is 48.4 Å². The molecule has 29 heavy (non-hydrogen) atoms. The lowest BCUT2D eigenvalue weighted by Gasteiger charge is -2.36. The van der Waals surface area contributed by atoms with Crippen molar-refractivity contribution >= 4 is 27.3 Å². The summed E-state index contributed by atoms with van der Waals surface area (Å²) in [6.07, 6.45) is 2.03. The van der Waals surface area contributed by atoms with Crippen LogP contribution in [0, 0.1) is 16.7 Å². The summed E-state index contributed by atoms with van der Waals surface area (Å²) in [5.41, 5.74) is 0.363. The third-order valence-corrected chi connectivity index (χ3v) is 8.45. The molecule has 2 unspecified atom stereocenters. The Morgan fingerprint density at radius 1 is 1.03 bits per heavy atom. The Hall–Kier alpha value is -2.47. The van der Waals surface area contributed by atoms with E-state index in [-0.39, 0.29) is 28.7 Å². The standard InChI is InChI=1S/C23H25NO4S/c1-22(2)18-12-13-23(22,20(25)14-18)15-29(27,28)24-19-10-8-17(9-11-19)21(26)16-6-4-3-5-7-16/h3-11,18,24H,12-15H2,1-2H3. The number of carbonyl (C=O) groups excluding carboxylic acids is 2. The van der Waals surface area contributed by atoms with E-state index in [2.05, 4.69) is 4.72 Å². The van der Waals surface area contributed by atoms with Gasteiger partial charge in [-0.25, -0.2) is 8.42 Å². The maximum Gasteiger partial charge on any atom is 0.233 e. The van der Waals surface area contributed by atoms with Gasteiger partial charge in [0.1, 0.15) is 5.78 Å². The second-order valence-corrected chi connectivity index (χ2v) is 10.5. The van der Waals surface area contributed by atoms with Gasteiger partial charge in [0, 0.05) is 23.2 Å². The Morgan fingerprint density at radius 2 is 1.66 bits per heavy atom.